The summed E-state index contributed by atoms with van der Waals surface area (Å²) in [5.74, 6) is 1.21. The minimum Gasteiger partial charge on any atom is -0.475 e. The zero-order chi connectivity index (χ0) is 21.0. The first-order valence-electron chi connectivity index (χ1n) is 9.50. The van der Waals surface area contributed by atoms with Crippen LogP contribution >= 0.6 is 11.6 Å². The van der Waals surface area contributed by atoms with Crippen LogP contribution in [0.5, 0.6) is 5.88 Å². The van der Waals surface area contributed by atoms with E-state index in [0.717, 1.165) is 35.5 Å². The monoisotopic (exact) mass is 410 g/mol. The standard InChI is InChI=1S/C21H23ClN6O/c1-13(2)29-19-5-4-15(14(3)26-19)11-28-9-6-16-17(10-24)20(22)27-21(18(16)12-28)25-8-7-23/h4-5,13H,6,8-9,11-12H2,1-3H3,(H,25,27). The van der Waals surface area contributed by atoms with E-state index in [0.29, 0.717) is 30.2 Å². The fraction of sp³-hybridized carbons (Fsp3) is 0.429. The van der Waals surface area contributed by atoms with E-state index in [4.69, 9.17) is 21.6 Å². The van der Waals surface area contributed by atoms with Crippen LogP contribution in [-0.4, -0.2) is 34.1 Å². The third-order valence-electron chi connectivity index (χ3n) is 4.79. The van der Waals surface area contributed by atoms with Crippen molar-refractivity contribution in [2.45, 2.75) is 46.4 Å². The number of pyridine rings is 2. The molecule has 0 saturated heterocycles. The molecule has 0 unspecified atom stereocenters. The lowest BCUT2D eigenvalue weighted by Gasteiger charge is -2.31. The molecule has 0 bridgehead atoms. The molecule has 0 radical (unpaired) electrons. The van der Waals surface area contributed by atoms with E-state index >= 15 is 0 Å². The topological polar surface area (TPSA) is 97.9 Å². The molecule has 0 saturated carbocycles. The number of aryl methyl sites for hydroxylation is 1. The molecule has 1 aliphatic rings. The number of ether oxygens (including phenoxy) is 1. The summed E-state index contributed by atoms with van der Waals surface area (Å²) >= 11 is 6.19. The van der Waals surface area contributed by atoms with Crippen molar-refractivity contribution in [1.29, 1.82) is 10.5 Å². The summed E-state index contributed by atoms with van der Waals surface area (Å²) < 4.78 is 5.67. The third-order valence-corrected chi connectivity index (χ3v) is 5.07. The first kappa shape index (κ1) is 20.9. The fourth-order valence-electron chi connectivity index (χ4n) is 3.46. The molecule has 0 atom stereocenters. The summed E-state index contributed by atoms with van der Waals surface area (Å²) in [5.41, 5.74) is 4.33. The molecule has 150 valence electrons. The lowest BCUT2D eigenvalue weighted by molar-refractivity contribution is 0.230. The quantitative estimate of drug-likeness (QED) is 0.573. The molecule has 29 heavy (non-hydrogen) atoms. The van der Waals surface area contributed by atoms with E-state index in [1.807, 2.05) is 32.9 Å². The lowest BCUT2D eigenvalue weighted by Crippen LogP contribution is -2.32. The maximum absolute atomic E-state index is 9.49. The smallest absolute Gasteiger partial charge is 0.213 e. The van der Waals surface area contributed by atoms with Crippen LogP contribution in [0.4, 0.5) is 5.82 Å². The fourth-order valence-corrected chi connectivity index (χ4v) is 3.70. The second-order valence-electron chi connectivity index (χ2n) is 7.23. The molecule has 0 aromatic carbocycles. The Morgan fingerprint density at radius 3 is 2.72 bits per heavy atom. The molecule has 0 aliphatic carbocycles. The Kier molecular flexibility index (Phi) is 6.53. The molecule has 1 N–H and O–H groups in total. The summed E-state index contributed by atoms with van der Waals surface area (Å²) in [6.45, 7) is 8.20. The van der Waals surface area contributed by atoms with Gasteiger partial charge in [-0.2, -0.15) is 10.5 Å². The van der Waals surface area contributed by atoms with Gasteiger partial charge >= 0.3 is 0 Å². The second-order valence-corrected chi connectivity index (χ2v) is 7.59. The summed E-state index contributed by atoms with van der Waals surface area (Å²) in [4.78, 5) is 11.1. The Hall–Kier alpha value is -2.87. The Morgan fingerprint density at radius 2 is 2.07 bits per heavy atom. The maximum Gasteiger partial charge on any atom is 0.213 e. The average Bonchev–Trinajstić information content (AvgIpc) is 2.68. The molecular formula is C21H23ClN6O. The highest BCUT2D eigenvalue weighted by Gasteiger charge is 2.25. The summed E-state index contributed by atoms with van der Waals surface area (Å²) in [7, 11) is 0. The van der Waals surface area contributed by atoms with Gasteiger partial charge in [-0.3, -0.25) is 4.90 Å². The van der Waals surface area contributed by atoms with E-state index in [9.17, 15) is 5.26 Å². The molecule has 0 amide bonds. The van der Waals surface area contributed by atoms with Crippen molar-refractivity contribution < 1.29 is 4.74 Å². The van der Waals surface area contributed by atoms with Gasteiger partial charge < -0.3 is 10.1 Å². The second kappa shape index (κ2) is 9.09. The van der Waals surface area contributed by atoms with Crippen molar-refractivity contribution in [2.75, 3.05) is 18.4 Å². The van der Waals surface area contributed by atoms with Crippen LogP contribution in [0, 0.1) is 29.6 Å². The van der Waals surface area contributed by atoms with Crippen molar-refractivity contribution in [3.8, 4) is 18.0 Å². The minimum atomic E-state index is 0.0827. The summed E-state index contributed by atoms with van der Waals surface area (Å²) in [6.07, 6.45) is 0.780. The third kappa shape index (κ3) is 4.76. The van der Waals surface area contributed by atoms with Gasteiger partial charge in [0.25, 0.3) is 0 Å². The highest BCUT2D eigenvalue weighted by molar-refractivity contribution is 6.30. The molecule has 7 nitrogen and oxygen atoms in total. The highest BCUT2D eigenvalue weighted by Crippen LogP contribution is 2.32. The van der Waals surface area contributed by atoms with Gasteiger partial charge in [-0.15, -0.1) is 0 Å². The number of halogens is 1. The van der Waals surface area contributed by atoms with E-state index in [-0.39, 0.29) is 17.8 Å². The lowest BCUT2D eigenvalue weighted by atomic mass is 9.96. The number of nitrogens with zero attached hydrogens (tertiary/aromatic N) is 5. The number of nitriles is 2. The van der Waals surface area contributed by atoms with Crippen molar-refractivity contribution in [3.63, 3.8) is 0 Å². The number of hydrogen-bond donors (Lipinski definition) is 1. The van der Waals surface area contributed by atoms with Gasteiger partial charge in [0.15, 0.2) is 0 Å². The molecule has 3 rings (SSSR count). The Labute approximate surface area is 175 Å². The number of anilines is 1. The van der Waals surface area contributed by atoms with Crippen molar-refractivity contribution >= 4 is 17.4 Å². The molecular weight excluding hydrogens is 388 g/mol. The van der Waals surface area contributed by atoms with Crippen LogP contribution in [0.2, 0.25) is 5.15 Å². The zero-order valence-electron chi connectivity index (χ0n) is 16.8. The Balaban J connectivity index is 1.84. The molecule has 2 aromatic heterocycles. The first-order valence-corrected chi connectivity index (χ1v) is 9.88. The summed E-state index contributed by atoms with van der Waals surface area (Å²) in [6, 6.07) is 8.17. The van der Waals surface area contributed by atoms with Crippen LogP contribution in [0.1, 0.15) is 41.8 Å². The van der Waals surface area contributed by atoms with Crippen molar-refractivity contribution in [2.24, 2.45) is 0 Å². The molecule has 0 spiro atoms. The van der Waals surface area contributed by atoms with Crippen LogP contribution in [0.3, 0.4) is 0 Å². The molecule has 0 fully saturated rings. The largest absolute Gasteiger partial charge is 0.475 e. The van der Waals surface area contributed by atoms with E-state index in [1.165, 1.54) is 0 Å². The highest BCUT2D eigenvalue weighted by atomic mass is 35.5. The molecule has 3 heterocycles. The number of aromatic nitrogens is 2. The number of rotatable bonds is 6. The van der Waals surface area contributed by atoms with Crippen LogP contribution in [-0.2, 0) is 19.5 Å². The zero-order valence-corrected chi connectivity index (χ0v) is 17.5. The minimum absolute atomic E-state index is 0.0827. The first-order chi connectivity index (χ1) is 13.9. The molecule has 1 aliphatic heterocycles. The predicted octanol–water partition coefficient (Wildman–Crippen LogP) is 3.59. The van der Waals surface area contributed by atoms with Gasteiger partial charge in [0, 0.05) is 37.0 Å². The van der Waals surface area contributed by atoms with Gasteiger partial charge in [0.05, 0.1) is 17.7 Å². The van der Waals surface area contributed by atoms with Gasteiger partial charge in [-0.05, 0) is 38.3 Å². The van der Waals surface area contributed by atoms with Crippen molar-refractivity contribution in [1.82, 2.24) is 14.9 Å². The Morgan fingerprint density at radius 1 is 1.28 bits per heavy atom. The maximum atomic E-state index is 9.49. The van der Waals surface area contributed by atoms with Gasteiger partial charge in [-0.1, -0.05) is 17.7 Å². The number of hydrogen-bond acceptors (Lipinski definition) is 7. The summed E-state index contributed by atoms with van der Waals surface area (Å²) in [5, 5.41) is 21.6. The van der Waals surface area contributed by atoms with Gasteiger partial charge in [0.1, 0.15) is 23.6 Å². The van der Waals surface area contributed by atoms with E-state index in [1.54, 1.807) is 0 Å². The number of nitrogens with one attached hydrogen (secondary N) is 1. The predicted molar refractivity (Wildman–Crippen MR) is 111 cm³/mol. The van der Waals surface area contributed by atoms with E-state index in [2.05, 4.69) is 32.3 Å². The SMILES string of the molecule is Cc1nc(OC(C)C)ccc1CN1CCc2c(C#N)c(Cl)nc(NCC#N)c2C1. The average molecular weight is 411 g/mol. The molecule has 2 aromatic rings. The van der Waals surface area contributed by atoms with Gasteiger partial charge in [-0.25, -0.2) is 9.97 Å². The molecule has 8 heteroatoms. The normalized spacial score (nSPS) is 13.5. The van der Waals surface area contributed by atoms with Crippen LogP contribution < -0.4 is 10.1 Å². The Bertz CT molecular complexity index is 992. The van der Waals surface area contributed by atoms with E-state index < -0.39 is 0 Å². The van der Waals surface area contributed by atoms with Gasteiger partial charge in [0.2, 0.25) is 5.88 Å². The van der Waals surface area contributed by atoms with Crippen LogP contribution in [0.25, 0.3) is 0 Å². The number of fused-ring (bicyclic) bond motifs is 1. The van der Waals surface area contributed by atoms with Crippen LogP contribution in [0.15, 0.2) is 12.1 Å². The van der Waals surface area contributed by atoms with Crippen molar-refractivity contribution in [3.05, 3.63) is 45.2 Å².